The van der Waals surface area contributed by atoms with Crippen LogP contribution in [0.4, 0.5) is 0 Å². The first-order chi connectivity index (χ1) is 14.4. The van der Waals surface area contributed by atoms with Gasteiger partial charge in [-0.1, -0.05) is 17.4 Å². The molecule has 1 saturated heterocycles. The van der Waals surface area contributed by atoms with Crippen LogP contribution in [-0.2, 0) is 21.9 Å². The minimum Gasteiger partial charge on any atom is -0.495 e. The number of thiazole rings is 1. The number of amides is 1. The van der Waals surface area contributed by atoms with Crippen molar-refractivity contribution in [1.82, 2.24) is 8.87 Å². The van der Waals surface area contributed by atoms with E-state index in [-0.39, 0.29) is 4.21 Å². The van der Waals surface area contributed by atoms with E-state index in [0.717, 1.165) is 21.6 Å². The van der Waals surface area contributed by atoms with Crippen molar-refractivity contribution in [2.24, 2.45) is 12.0 Å². The number of carbonyl (C=O) groups is 1. The number of benzene rings is 1. The molecule has 0 radical (unpaired) electrons. The summed E-state index contributed by atoms with van der Waals surface area (Å²) in [6.45, 7) is 0.312. The summed E-state index contributed by atoms with van der Waals surface area (Å²) in [5, 5.41) is 1.71. The van der Waals surface area contributed by atoms with Gasteiger partial charge in [0.2, 0.25) is 0 Å². The number of aromatic nitrogens is 1. The average molecular weight is 468 g/mol. The molecular weight excluding hydrogens is 446 g/mol. The van der Waals surface area contributed by atoms with E-state index in [1.165, 1.54) is 15.6 Å². The maximum Gasteiger partial charge on any atom is 0.266 e. The first kappa shape index (κ1) is 21.0. The predicted molar refractivity (Wildman–Crippen MR) is 116 cm³/mol. The van der Waals surface area contributed by atoms with Gasteiger partial charge >= 0.3 is 0 Å². The standard InChI is InChI=1S/C19H21N3O5S3/c1-21-16-13(26-2)8-9-14(27-3)17(16)29-19(21)20-18(23)12-6-4-10-22(12)30(24,25)15-7-5-11-28-15/h5,7-9,11-12H,4,6,10H2,1-3H3. The summed E-state index contributed by atoms with van der Waals surface area (Å²) in [6, 6.07) is 6.04. The zero-order chi connectivity index (χ0) is 21.5. The largest absolute Gasteiger partial charge is 0.495 e. The normalized spacial score (nSPS) is 18.2. The Morgan fingerprint density at radius 1 is 1.20 bits per heavy atom. The van der Waals surface area contributed by atoms with Crippen LogP contribution in [0.2, 0.25) is 0 Å². The van der Waals surface area contributed by atoms with Crippen LogP contribution in [0.3, 0.4) is 0 Å². The van der Waals surface area contributed by atoms with Gasteiger partial charge in [0.25, 0.3) is 15.9 Å². The highest BCUT2D eigenvalue weighted by Crippen LogP contribution is 2.35. The second-order valence-electron chi connectivity index (χ2n) is 6.75. The van der Waals surface area contributed by atoms with E-state index >= 15 is 0 Å². The Bertz CT molecular complexity index is 1260. The Labute approximate surface area is 182 Å². The summed E-state index contributed by atoms with van der Waals surface area (Å²) >= 11 is 2.45. The fourth-order valence-electron chi connectivity index (χ4n) is 3.60. The number of fused-ring (bicyclic) bond motifs is 1. The van der Waals surface area contributed by atoms with E-state index in [4.69, 9.17) is 9.47 Å². The summed E-state index contributed by atoms with van der Waals surface area (Å²) in [5.41, 5.74) is 0.767. The van der Waals surface area contributed by atoms with Gasteiger partial charge in [-0.15, -0.1) is 11.3 Å². The van der Waals surface area contributed by atoms with Gasteiger partial charge in [0.05, 0.1) is 14.2 Å². The molecular formula is C19H21N3O5S3. The van der Waals surface area contributed by atoms with E-state index in [2.05, 4.69) is 4.99 Å². The molecule has 0 N–H and O–H groups in total. The maximum atomic E-state index is 13.0. The lowest BCUT2D eigenvalue weighted by atomic mass is 10.2. The van der Waals surface area contributed by atoms with Crippen molar-refractivity contribution in [3.05, 3.63) is 34.4 Å². The molecule has 160 valence electrons. The summed E-state index contributed by atoms with van der Waals surface area (Å²) in [4.78, 5) is 17.8. The molecule has 8 nitrogen and oxygen atoms in total. The molecule has 1 amide bonds. The summed E-state index contributed by atoms with van der Waals surface area (Å²) in [5.74, 6) is 0.831. The number of rotatable bonds is 5. The lowest BCUT2D eigenvalue weighted by Gasteiger charge is -2.20. The Kier molecular flexibility index (Phi) is 5.71. The number of hydrogen-bond acceptors (Lipinski definition) is 7. The van der Waals surface area contributed by atoms with Crippen LogP contribution in [0.1, 0.15) is 12.8 Å². The number of aryl methyl sites for hydroxylation is 1. The van der Waals surface area contributed by atoms with E-state index in [1.54, 1.807) is 55.5 Å². The van der Waals surface area contributed by atoms with Gasteiger partial charge in [-0.2, -0.15) is 9.30 Å². The molecule has 2 aromatic heterocycles. The van der Waals surface area contributed by atoms with Crippen molar-refractivity contribution in [1.29, 1.82) is 0 Å². The van der Waals surface area contributed by atoms with Gasteiger partial charge in [-0.05, 0) is 36.4 Å². The monoisotopic (exact) mass is 467 g/mol. The Morgan fingerprint density at radius 2 is 1.93 bits per heavy atom. The van der Waals surface area contributed by atoms with Crippen molar-refractivity contribution < 1.29 is 22.7 Å². The van der Waals surface area contributed by atoms with Gasteiger partial charge in [0.1, 0.15) is 32.0 Å². The fraction of sp³-hybridized carbons (Fsp3) is 0.368. The van der Waals surface area contributed by atoms with Crippen LogP contribution in [0.5, 0.6) is 11.5 Å². The Balaban J connectivity index is 1.76. The van der Waals surface area contributed by atoms with E-state index in [9.17, 15) is 13.2 Å². The molecule has 1 aliphatic rings. The lowest BCUT2D eigenvalue weighted by molar-refractivity contribution is -0.121. The number of sulfonamides is 1. The zero-order valence-corrected chi connectivity index (χ0v) is 19.1. The molecule has 1 atom stereocenters. The van der Waals surface area contributed by atoms with Crippen molar-refractivity contribution in [3.63, 3.8) is 0 Å². The number of hydrogen-bond donors (Lipinski definition) is 0. The van der Waals surface area contributed by atoms with Crippen molar-refractivity contribution in [2.75, 3.05) is 20.8 Å². The quantitative estimate of drug-likeness (QED) is 0.575. The highest BCUT2D eigenvalue weighted by molar-refractivity contribution is 7.91. The average Bonchev–Trinajstić information content (AvgIpc) is 3.49. The third-order valence-electron chi connectivity index (χ3n) is 5.07. The molecule has 0 aliphatic carbocycles. The molecule has 1 aliphatic heterocycles. The minimum atomic E-state index is -3.71. The van der Waals surface area contributed by atoms with E-state index in [0.29, 0.717) is 35.7 Å². The molecule has 1 unspecified atom stereocenters. The van der Waals surface area contributed by atoms with Crippen LogP contribution in [0.15, 0.2) is 38.8 Å². The smallest absolute Gasteiger partial charge is 0.266 e. The van der Waals surface area contributed by atoms with Crippen LogP contribution >= 0.6 is 22.7 Å². The summed E-state index contributed by atoms with van der Waals surface area (Å²) < 4.78 is 40.9. The molecule has 1 fully saturated rings. The molecule has 0 bridgehead atoms. The number of nitrogens with zero attached hydrogens (tertiary/aromatic N) is 3. The second kappa shape index (κ2) is 8.14. The number of methoxy groups -OCH3 is 2. The van der Waals surface area contributed by atoms with Gasteiger partial charge in [0.15, 0.2) is 4.80 Å². The van der Waals surface area contributed by atoms with E-state index < -0.39 is 22.0 Å². The van der Waals surface area contributed by atoms with Crippen molar-refractivity contribution in [2.45, 2.75) is 23.1 Å². The second-order valence-corrected chi connectivity index (χ2v) is 10.8. The third kappa shape index (κ3) is 3.45. The fourth-order valence-corrected chi connectivity index (χ4v) is 7.50. The highest BCUT2D eigenvalue weighted by atomic mass is 32.2. The van der Waals surface area contributed by atoms with Gasteiger partial charge in [-0.25, -0.2) is 8.42 Å². The number of ether oxygens (including phenoxy) is 2. The SMILES string of the molecule is COc1ccc(OC)c2c1sc(=NC(=O)C1CCCN1S(=O)(=O)c1cccs1)n2C. The van der Waals surface area contributed by atoms with Crippen LogP contribution in [-0.4, -0.2) is 50.0 Å². The van der Waals surface area contributed by atoms with Gasteiger partial charge in [0, 0.05) is 13.6 Å². The molecule has 0 saturated carbocycles. The Morgan fingerprint density at radius 3 is 2.60 bits per heavy atom. The molecule has 0 spiro atoms. The first-order valence-electron chi connectivity index (χ1n) is 9.23. The molecule has 1 aromatic carbocycles. The minimum absolute atomic E-state index is 0.240. The highest BCUT2D eigenvalue weighted by Gasteiger charge is 2.40. The Hall–Kier alpha value is -2.21. The molecule has 3 aromatic rings. The zero-order valence-electron chi connectivity index (χ0n) is 16.7. The maximum absolute atomic E-state index is 13.0. The third-order valence-corrected chi connectivity index (χ3v) is 9.49. The van der Waals surface area contributed by atoms with Crippen LogP contribution < -0.4 is 14.3 Å². The first-order valence-corrected chi connectivity index (χ1v) is 12.4. The van der Waals surface area contributed by atoms with Crippen LogP contribution in [0, 0.1) is 0 Å². The topological polar surface area (TPSA) is 90.2 Å². The van der Waals surface area contributed by atoms with E-state index in [1.807, 2.05) is 0 Å². The molecule has 4 rings (SSSR count). The van der Waals surface area contributed by atoms with Crippen molar-refractivity contribution >= 4 is 48.8 Å². The number of thiophene rings is 1. The number of carbonyl (C=O) groups excluding carboxylic acids is 1. The summed E-state index contributed by atoms with van der Waals surface area (Å²) in [6.07, 6.45) is 1.07. The van der Waals surface area contributed by atoms with Crippen molar-refractivity contribution in [3.8, 4) is 11.5 Å². The predicted octanol–water partition coefficient (Wildman–Crippen LogP) is 2.60. The van der Waals surface area contributed by atoms with Crippen LogP contribution in [0.25, 0.3) is 10.2 Å². The summed E-state index contributed by atoms with van der Waals surface area (Å²) in [7, 11) is 1.24. The molecule has 3 heterocycles. The van der Waals surface area contributed by atoms with Gasteiger partial charge in [-0.3, -0.25) is 4.79 Å². The molecule has 11 heteroatoms. The molecule has 30 heavy (non-hydrogen) atoms. The van der Waals surface area contributed by atoms with Gasteiger partial charge < -0.3 is 14.0 Å². The lowest BCUT2D eigenvalue weighted by Crippen LogP contribution is -2.40.